The molecular formula is C19H16F6N2O. The topological polar surface area (TPSA) is 32.3 Å². The molecule has 1 aliphatic rings. The van der Waals surface area contributed by atoms with Crippen LogP contribution in [0.4, 0.5) is 32.0 Å². The molecule has 3 rings (SSSR count). The summed E-state index contributed by atoms with van der Waals surface area (Å²) >= 11 is 0. The Labute approximate surface area is 157 Å². The molecule has 3 nitrogen and oxygen atoms in total. The summed E-state index contributed by atoms with van der Waals surface area (Å²) in [6, 6.07) is 5.88. The van der Waals surface area contributed by atoms with Crippen molar-refractivity contribution in [1.29, 1.82) is 0 Å². The SMILES string of the molecule is CN1CCc2ccc(NC(=O)c3cc(C(F)(F)F)cc(C(F)(F)F)c3)cc2C1. The molecule has 0 aliphatic carbocycles. The smallest absolute Gasteiger partial charge is 0.322 e. The number of fused-ring (bicyclic) bond motifs is 1. The number of amides is 1. The summed E-state index contributed by atoms with van der Waals surface area (Å²) in [5.74, 6) is -1.04. The number of hydrogen-bond donors (Lipinski definition) is 1. The van der Waals surface area contributed by atoms with Crippen LogP contribution in [0.1, 0.15) is 32.6 Å². The van der Waals surface area contributed by atoms with E-state index in [0.717, 1.165) is 24.1 Å². The molecule has 28 heavy (non-hydrogen) atoms. The van der Waals surface area contributed by atoms with Gasteiger partial charge in [-0.25, -0.2) is 0 Å². The summed E-state index contributed by atoms with van der Waals surface area (Å²) < 4.78 is 77.7. The van der Waals surface area contributed by atoms with E-state index in [9.17, 15) is 31.1 Å². The summed E-state index contributed by atoms with van der Waals surface area (Å²) in [6.07, 6.45) is -9.19. The van der Waals surface area contributed by atoms with Gasteiger partial charge in [-0.2, -0.15) is 26.3 Å². The summed E-state index contributed by atoms with van der Waals surface area (Å²) in [7, 11) is 1.93. The summed E-state index contributed by atoms with van der Waals surface area (Å²) in [6.45, 7) is 1.52. The first-order valence-corrected chi connectivity index (χ1v) is 8.34. The Hall–Kier alpha value is -2.55. The second kappa shape index (κ2) is 7.12. The largest absolute Gasteiger partial charge is 0.416 e. The van der Waals surface area contributed by atoms with Gasteiger partial charge >= 0.3 is 12.4 Å². The third-order valence-electron chi connectivity index (χ3n) is 4.52. The predicted molar refractivity (Wildman–Crippen MR) is 90.9 cm³/mol. The number of anilines is 1. The van der Waals surface area contributed by atoms with Crippen LogP contribution in [0, 0.1) is 0 Å². The van der Waals surface area contributed by atoms with E-state index >= 15 is 0 Å². The number of nitrogens with one attached hydrogen (secondary N) is 1. The number of carbonyl (C=O) groups excluding carboxylic acids is 1. The molecule has 0 atom stereocenters. The Bertz CT molecular complexity index is 872. The van der Waals surface area contributed by atoms with Gasteiger partial charge in [-0.3, -0.25) is 4.79 Å². The molecule has 150 valence electrons. The van der Waals surface area contributed by atoms with Crippen LogP contribution in [0.5, 0.6) is 0 Å². The normalized spacial score (nSPS) is 15.2. The minimum absolute atomic E-state index is 0.00842. The standard InChI is InChI=1S/C19H16F6N2O/c1-27-5-4-11-2-3-16(8-13(11)10-27)26-17(28)12-6-14(18(20,21)22)9-15(7-12)19(23,24)25/h2-3,6-9H,4-5,10H2,1H3,(H,26,28). The summed E-state index contributed by atoms with van der Waals surface area (Å²) in [4.78, 5) is 14.4. The molecule has 1 aliphatic heterocycles. The van der Waals surface area contributed by atoms with Crippen LogP contribution in [0.15, 0.2) is 36.4 Å². The monoisotopic (exact) mass is 402 g/mol. The molecule has 1 N–H and O–H groups in total. The maximum Gasteiger partial charge on any atom is 0.416 e. The minimum Gasteiger partial charge on any atom is -0.322 e. The Morgan fingerprint density at radius 3 is 2.11 bits per heavy atom. The van der Waals surface area contributed by atoms with Gasteiger partial charge in [-0.1, -0.05) is 6.07 Å². The lowest BCUT2D eigenvalue weighted by molar-refractivity contribution is -0.143. The molecule has 0 spiro atoms. The van der Waals surface area contributed by atoms with Crippen molar-refractivity contribution >= 4 is 11.6 Å². The third-order valence-corrected chi connectivity index (χ3v) is 4.52. The van der Waals surface area contributed by atoms with Gasteiger partial charge in [-0.15, -0.1) is 0 Å². The molecule has 0 aromatic heterocycles. The van der Waals surface area contributed by atoms with E-state index in [1.165, 1.54) is 0 Å². The van der Waals surface area contributed by atoms with Crippen molar-refractivity contribution in [3.63, 3.8) is 0 Å². The van der Waals surface area contributed by atoms with Gasteiger partial charge in [0.1, 0.15) is 0 Å². The molecule has 0 saturated heterocycles. The van der Waals surface area contributed by atoms with Crippen molar-refractivity contribution in [3.8, 4) is 0 Å². The van der Waals surface area contributed by atoms with Crippen LogP contribution < -0.4 is 5.32 Å². The molecule has 1 amide bonds. The number of hydrogen-bond acceptors (Lipinski definition) is 2. The number of alkyl halides is 6. The average molecular weight is 402 g/mol. The fraction of sp³-hybridized carbons (Fsp3) is 0.316. The third kappa shape index (κ3) is 4.46. The molecule has 0 saturated carbocycles. The van der Waals surface area contributed by atoms with E-state index in [4.69, 9.17) is 0 Å². The molecule has 0 unspecified atom stereocenters. The van der Waals surface area contributed by atoms with Gasteiger partial charge in [-0.05, 0) is 54.9 Å². The lowest BCUT2D eigenvalue weighted by Crippen LogP contribution is -2.26. The molecule has 0 bridgehead atoms. The van der Waals surface area contributed by atoms with E-state index < -0.39 is 35.0 Å². The number of benzene rings is 2. The van der Waals surface area contributed by atoms with Crippen molar-refractivity contribution < 1.29 is 31.1 Å². The zero-order valence-electron chi connectivity index (χ0n) is 14.7. The van der Waals surface area contributed by atoms with Crippen molar-refractivity contribution in [2.45, 2.75) is 25.3 Å². The molecule has 0 fully saturated rings. The Morgan fingerprint density at radius 2 is 1.54 bits per heavy atom. The first kappa shape index (κ1) is 20.2. The summed E-state index contributed by atoms with van der Waals surface area (Å²) in [5, 5.41) is 2.39. The van der Waals surface area contributed by atoms with Gasteiger partial charge in [0.15, 0.2) is 0 Å². The zero-order chi connectivity index (χ0) is 20.7. The molecular weight excluding hydrogens is 386 g/mol. The number of halogens is 6. The van der Waals surface area contributed by atoms with Crippen LogP contribution >= 0.6 is 0 Å². The van der Waals surface area contributed by atoms with Crippen molar-refractivity contribution in [2.75, 3.05) is 18.9 Å². The molecule has 2 aromatic rings. The molecule has 1 heterocycles. The van der Waals surface area contributed by atoms with E-state index in [0.29, 0.717) is 24.4 Å². The quantitative estimate of drug-likeness (QED) is 0.720. The van der Waals surface area contributed by atoms with Gasteiger partial charge in [0.25, 0.3) is 5.91 Å². The Kier molecular flexibility index (Phi) is 5.14. The van der Waals surface area contributed by atoms with Crippen LogP contribution in [0.2, 0.25) is 0 Å². The number of nitrogens with zero attached hydrogens (tertiary/aromatic N) is 1. The van der Waals surface area contributed by atoms with Crippen molar-refractivity contribution in [2.24, 2.45) is 0 Å². The van der Waals surface area contributed by atoms with Crippen LogP contribution in [-0.2, 0) is 25.3 Å². The summed E-state index contributed by atoms with van der Waals surface area (Å²) in [5.41, 5.74) is -1.41. The number of rotatable bonds is 2. The van der Waals surface area contributed by atoms with Gasteiger partial charge in [0.2, 0.25) is 0 Å². The lowest BCUT2D eigenvalue weighted by atomic mass is 9.99. The number of carbonyl (C=O) groups is 1. The van der Waals surface area contributed by atoms with E-state index in [1.54, 1.807) is 18.2 Å². The van der Waals surface area contributed by atoms with Crippen molar-refractivity contribution in [1.82, 2.24) is 4.90 Å². The van der Waals surface area contributed by atoms with E-state index in [-0.39, 0.29) is 6.07 Å². The lowest BCUT2D eigenvalue weighted by Gasteiger charge is -2.25. The first-order chi connectivity index (χ1) is 12.9. The second-order valence-corrected chi connectivity index (χ2v) is 6.72. The van der Waals surface area contributed by atoms with Gasteiger partial charge in [0, 0.05) is 24.3 Å². The van der Waals surface area contributed by atoms with Gasteiger partial charge in [0.05, 0.1) is 11.1 Å². The van der Waals surface area contributed by atoms with Crippen molar-refractivity contribution in [3.05, 3.63) is 64.2 Å². The zero-order valence-corrected chi connectivity index (χ0v) is 14.7. The highest BCUT2D eigenvalue weighted by Gasteiger charge is 2.37. The predicted octanol–water partition coefficient (Wildman–Crippen LogP) is 4.96. The van der Waals surface area contributed by atoms with Crippen LogP contribution in [0.3, 0.4) is 0 Å². The minimum atomic E-state index is -5.01. The van der Waals surface area contributed by atoms with Crippen LogP contribution in [-0.4, -0.2) is 24.4 Å². The van der Waals surface area contributed by atoms with E-state index in [1.807, 2.05) is 7.05 Å². The molecule has 0 radical (unpaired) electrons. The number of likely N-dealkylation sites (N-methyl/N-ethyl adjacent to an activating group) is 1. The fourth-order valence-electron chi connectivity index (χ4n) is 3.07. The highest BCUT2D eigenvalue weighted by atomic mass is 19.4. The second-order valence-electron chi connectivity index (χ2n) is 6.72. The Balaban J connectivity index is 1.91. The molecule has 9 heteroatoms. The van der Waals surface area contributed by atoms with Crippen LogP contribution in [0.25, 0.3) is 0 Å². The highest BCUT2D eigenvalue weighted by molar-refractivity contribution is 6.04. The van der Waals surface area contributed by atoms with Gasteiger partial charge < -0.3 is 10.2 Å². The first-order valence-electron chi connectivity index (χ1n) is 8.34. The average Bonchev–Trinajstić information content (AvgIpc) is 2.59. The highest BCUT2D eigenvalue weighted by Crippen LogP contribution is 2.36. The molecule has 2 aromatic carbocycles. The fourth-order valence-corrected chi connectivity index (χ4v) is 3.07. The Morgan fingerprint density at radius 1 is 0.929 bits per heavy atom. The maximum absolute atomic E-state index is 12.9. The maximum atomic E-state index is 12.9. The van der Waals surface area contributed by atoms with E-state index in [2.05, 4.69) is 10.2 Å².